The molecule has 254 valence electrons. The van der Waals surface area contributed by atoms with Crippen LogP contribution in [0.15, 0.2) is 0 Å². The molecule has 8 nitrogen and oxygen atoms in total. The Morgan fingerprint density at radius 2 is 1.07 bits per heavy atom. The van der Waals surface area contributed by atoms with E-state index < -0.39 is 17.8 Å². The smallest absolute Gasteiger partial charge is 0.407 e. The number of ether oxygens (including phenoxy) is 3. The van der Waals surface area contributed by atoms with Crippen LogP contribution in [-0.2, 0) is 14.2 Å². The van der Waals surface area contributed by atoms with E-state index in [2.05, 4.69) is 36.3 Å². The van der Waals surface area contributed by atoms with Gasteiger partial charge in [0.2, 0.25) is 0 Å². The van der Waals surface area contributed by atoms with E-state index in [0.717, 1.165) is 58.2 Å². The van der Waals surface area contributed by atoms with Crippen molar-refractivity contribution in [1.29, 1.82) is 0 Å². The lowest BCUT2D eigenvalue weighted by Gasteiger charge is -2.36. The van der Waals surface area contributed by atoms with E-state index in [1.807, 2.05) is 0 Å². The predicted octanol–water partition coefficient (Wildman–Crippen LogP) is 8.76. The molecule has 2 amide bonds. The molecule has 8 heteroatoms. The van der Waals surface area contributed by atoms with E-state index in [0.29, 0.717) is 26.1 Å². The molecule has 0 aromatic heterocycles. The van der Waals surface area contributed by atoms with Gasteiger partial charge in [-0.15, -0.1) is 0 Å². The second-order valence-corrected chi connectivity index (χ2v) is 12.5. The Morgan fingerprint density at radius 1 is 0.628 bits per heavy atom. The van der Waals surface area contributed by atoms with Crippen LogP contribution in [0.4, 0.5) is 9.59 Å². The van der Waals surface area contributed by atoms with Crippen molar-refractivity contribution in [3.8, 4) is 0 Å². The summed E-state index contributed by atoms with van der Waals surface area (Å²) in [5.41, 5.74) is -0.760. The Bertz CT molecular complexity index is 653. The molecule has 0 aliphatic carbocycles. The number of nitrogens with zero attached hydrogens (tertiary/aromatic N) is 1. The van der Waals surface area contributed by atoms with Crippen LogP contribution in [0.3, 0.4) is 0 Å². The molecule has 1 aliphatic heterocycles. The highest BCUT2D eigenvalue weighted by Crippen LogP contribution is 2.26. The lowest BCUT2D eigenvalue weighted by atomic mass is 9.95. The van der Waals surface area contributed by atoms with Crippen molar-refractivity contribution in [2.75, 3.05) is 52.5 Å². The summed E-state index contributed by atoms with van der Waals surface area (Å²) >= 11 is 0. The molecule has 0 saturated carbocycles. The van der Waals surface area contributed by atoms with Gasteiger partial charge in [-0.25, -0.2) is 9.59 Å². The molecule has 0 aromatic carbocycles. The van der Waals surface area contributed by atoms with E-state index in [9.17, 15) is 9.59 Å². The van der Waals surface area contributed by atoms with Crippen LogP contribution < -0.4 is 10.6 Å². The summed E-state index contributed by atoms with van der Waals surface area (Å²) in [7, 11) is 0. The Labute approximate surface area is 265 Å². The van der Waals surface area contributed by atoms with Crippen LogP contribution in [0.5, 0.6) is 0 Å². The van der Waals surface area contributed by atoms with Gasteiger partial charge in [0, 0.05) is 19.7 Å². The summed E-state index contributed by atoms with van der Waals surface area (Å²) in [5.74, 6) is 0. The number of carbonyl (C=O) groups excluding carboxylic acids is 2. The van der Waals surface area contributed by atoms with Gasteiger partial charge in [-0.2, -0.15) is 0 Å². The first-order valence-electron chi connectivity index (χ1n) is 18.2. The third kappa shape index (κ3) is 22.6. The van der Waals surface area contributed by atoms with Gasteiger partial charge in [-0.3, -0.25) is 0 Å². The molecule has 43 heavy (non-hydrogen) atoms. The number of alkyl carbamates (subject to hydrolysis) is 2. The molecule has 1 atom stereocenters. The monoisotopic (exact) mass is 612 g/mol. The Hall–Kier alpha value is -1.54. The molecular weight excluding hydrogens is 542 g/mol. The maximum absolute atomic E-state index is 12.3. The van der Waals surface area contributed by atoms with Crippen molar-refractivity contribution in [3.05, 3.63) is 0 Å². The Balaban J connectivity index is 2.04. The molecular formula is C35H69N3O5. The molecule has 0 aromatic rings. The van der Waals surface area contributed by atoms with Crippen LogP contribution in [0.2, 0.25) is 0 Å². The molecule has 1 rings (SSSR count). The van der Waals surface area contributed by atoms with Crippen LogP contribution >= 0.6 is 0 Å². The average Bonchev–Trinajstić information content (AvgIpc) is 3.03. The average molecular weight is 612 g/mol. The van der Waals surface area contributed by atoms with E-state index in [1.54, 1.807) is 0 Å². The fourth-order valence-corrected chi connectivity index (χ4v) is 5.73. The van der Waals surface area contributed by atoms with Crippen LogP contribution in [0.25, 0.3) is 0 Å². The number of unbranched alkanes of at least 4 members (excludes halogenated alkanes) is 16. The molecule has 1 heterocycles. The molecule has 1 unspecified atom stereocenters. The molecule has 1 fully saturated rings. The number of hydrogen-bond acceptors (Lipinski definition) is 6. The zero-order chi connectivity index (χ0) is 31.3. The largest absolute Gasteiger partial charge is 0.446 e. The maximum Gasteiger partial charge on any atom is 0.407 e. The summed E-state index contributed by atoms with van der Waals surface area (Å²) in [6, 6.07) is 0. The van der Waals surface area contributed by atoms with Crippen molar-refractivity contribution in [1.82, 2.24) is 15.5 Å². The minimum absolute atomic E-state index is 0.0880. The minimum atomic E-state index is -0.760. The molecule has 0 radical (unpaired) electrons. The number of rotatable bonds is 28. The van der Waals surface area contributed by atoms with Gasteiger partial charge in [0.15, 0.2) is 0 Å². The lowest BCUT2D eigenvalue weighted by molar-refractivity contribution is -0.134. The third-order valence-electron chi connectivity index (χ3n) is 8.73. The van der Waals surface area contributed by atoms with E-state index in [4.69, 9.17) is 14.2 Å². The summed E-state index contributed by atoms with van der Waals surface area (Å²) in [6.07, 6.45) is 25.0. The third-order valence-corrected chi connectivity index (χ3v) is 8.73. The van der Waals surface area contributed by atoms with Gasteiger partial charge >= 0.3 is 12.2 Å². The Morgan fingerprint density at radius 3 is 1.49 bits per heavy atom. The van der Waals surface area contributed by atoms with Gasteiger partial charge in [0.05, 0.1) is 0 Å². The first-order valence-corrected chi connectivity index (χ1v) is 18.2. The zero-order valence-corrected chi connectivity index (χ0v) is 28.5. The number of amides is 2. The molecule has 2 N–H and O–H groups in total. The number of carbonyl (C=O) groups is 2. The molecule has 1 aliphatic rings. The van der Waals surface area contributed by atoms with Gasteiger partial charge in [0.25, 0.3) is 0 Å². The van der Waals surface area contributed by atoms with E-state index in [1.165, 1.54) is 89.9 Å². The topological polar surface area (TPSA) is 89.1 Å². The first-order chi connectivity index (χ1) is 21.0. The van der Waals surface area contributed by atoms with Crippen LogP contribution in [0, 0.1) is 0 Å². The van der Waals surface area contributed by atoms with Crippen molar-refractivity contribution in [2.24, 2.45) is 0 Å². The molecule has 0 spiro atoms. The molecule has 0 bridgehead atoms. The second kappa shape index (κ2) is 28.0. The van der Waals surface area contributed by atoms with Crippen molar-refractivity contribution >= 4 is 12.2 Å². The highest BCUT2D eigenvalue weighted by Gasteiger charge is 2.36. The highest BCUT2D eigenvalue weighted by atomic mass is 16.6. The quantitative estimate of drug-likeness (QED) is 0.0860. The zero-order valence-electron chi connectivity index (χ0n) is 28.5. The van der Waals surface area contributed by atoms with E-state index >= 15 is 0 Å². The fraction of sp³-hybridized carbons (Fsp3) is 0.943. The van der Waals surface area contributed by atoms with Crippen molar-refractivity contribution in [3.63, 3.8) is 0 Å². The first kappa shape index (κ1) is 39.5. The predicted molar refractivity (Wildman–Crippen MR) is 178 cm³/mol. The minimum Gasteiger partial charge on any atom is -0.446 e. The van der Waals surface area contributed by atoms with Gasteiger partial charge in [-0.1, -0.05) is 117 Å². The molecule has 1 saturated heterocycles. The highest BCUT2D eigenvalue weighted by molar-refractivity contribution is 5.67. The SMILES string of the molecule is CCCCCCCCCCCCCCCCCCNC(=O)OCC1(COC(=O)NCCCCN(CC)CC)CCCCO1. The van der Waals surface area contributed by atoms with Crippen molar-refractivity contribution < 1.29 is 23.8 Å². The summed E-state index contributed by atoms with van der Waals surface area (Å²) in [4.78, 5) is 26.9. The fourth-order valence-electron chi connectivity index (χ4n) is 5.73. The normalized spacial score (nSPS) is 16.7. The number of hydrogen-bond donors (Lipinski definition) is 2. The number of nitrogens with one attached hydrogen (secondary N) is 2. The lowest BCUT2D eigenvalue weighted by Crippen LogP contribution is -2.47. The Kier molecular flexibility index (Phi) is 25.7. The van der Waals surface area contributed by atoms with Gasteiger partial charge in [0.1, 0.15) is 18.8 Å². The van der Waals surface area contributed by atoms with Crippen LogP contribution in [-0.4, -0.2) is 75.2 Å². The van der Waals surface area contributed by atoms with Crippen molar-refractivity contribution in [2.45, 2.75) is 161 Å². The summed E-state index contributed by atoms with van der Waals surface area (Å²) < 4.78 is 17.0. The van der Waals surface area contributed by atoms with Gasteiger partial charge < -0.3 is 29.7 Å². The second-order valence-electron chi connectivity index (χ2n) is 12.5. The summed E-state index contributed by atoms with van der Waals surface area (Å²) in [5, 5.41) is 5.70. The van der Waals surface area contributed by atoms with Gasteiger partial charge in [-0.05, 0) is 58.2 Å². The van der Waals surface area contributed by atoms with Crippen LogP contribution in [0.1, 0.15) is 156 Å². The maximum atomic E-state index is 12.3. The standard InChI is InChI=1S/C35H69N3O5/c1-4-7-8-9-10-11-12-13-14-15-16-17-18-19-20-22-27-36-33(39)41-31-35(26-21-25-30-43-35)32-42-34(40)37-28-23-24-29-38(5-2)6-3/h4-32H2,1-3H3,(H,36,39)(H,37,40). The summed E-state index contributed by atoms with van der Waals surface area (Å²) in [6.45, 7) is 11.7. The van der Waals surface area contributed by atoms with E-state index in [-0.39, 0.29) is 13.2 Å².